The molecule has 15 nitrogen and oxygen atoms in total. The topological polar surface area (TPSA) is 147 Å². The first-order valence-electron chi connectivity index (χ1n) is 20.6. The molecule has 0 bridgehead atoms. The summed E-state index contributed by atoms with van der Waals surface area (Å²) in [4.78, 5) is 13.6. The molecule has 0 aliphatic rings. The van der Waals surface area contributed by atoms with Crippen LogP contribution in [0, 0.1) is 0 Å². The molecule has 0 aliphatic carbocycles. The van der Waals surface area contributed by atoms with Crippen LogP contribution in [-0.2, 0) is 19.0 Å². The maximum absolute atomic E-state index is 12.0. The minimum absolute atomic E-state index is 0.0234. The van der Waals surface area contributed by atoms with Crippen LogP contribution in [0.5, 0.6) is 0 Å². The van der Waals surface area contributed by atoms with Gasteiger partial charge in [0, 0.05) is 12.6 Å². The first-order chi connectivity index (χ1) is 24.9. The molecular formula is C38H88N10O5. The number of hydrogen-bond acceptors (Lipinski definition) is 15. The number of aliphatic hydroxyl groups is 1. The Bertz CT molecular complexity index is 960. The summed E-state index contributed by atoms with van der Waals surface area (Å²) in [7, 11) is 7.54. The molecule has 0 amide bonds. The molecule has 320 valence electrons. The van der Waals surface area contributed by atoms with E-state index in [9.17, 15) is 5.11 Å². The van der Waals surface area contributed by atoms with Crippen LogP contribution in [0.4, 0.5) is 0 Å². The second-order valence-electron chi connectivity index (χ2n) is 14.7. The summed E-state index contributed by atoms with van der Waals surface area (Å²) >= 11 is 0. The van der Waals surface area contributed by atoms with Crippen molar-refractivity contribution in [3.63, 3.8) is 0 Å². The number of rotatable bonds is 32. The Kier molecular flexibility index (Phi) is 24.0. The Morgan fingerprint density at radius 2 is 1.36 bits per heavy atom. The van der Waals surface area contributed by atoms with Crippen molar-refractivity contribution in [3.8, 4) is 0 Å². The number of hydrazine groups is 1. The second-order valence-corrected chi connectivity index (χ2v) is 14.7. The van der Waals surface area contributed by atoms with E-state index in [1.807, 2.05) is 32.7 Å². The van der Waals surface area contributed by atoms with Crippen molar-refractivity contribution in [2.75, 3.05) is 80.7 Å². The summed E-state index contributed by atoms with van der Waals surface area (Å²) < 4.78 is 20.9. The van der Waals surface area contributed by atoms with Crippen molar-refractivity contribution >= 4 is 0 Å². The summed E-state index contributed by atoms with van der Waals surface area (Å²) in [6, 6.07) is 0.0234. The zero-order valence-electron chi connectivity index (χ0n) is 37.6. The van der Waals surface area contributed by atoms with Crippen LogP contribution >= 0.6 is 0 Å². The lowest BCUT2D eigenvalue weighted by atomic mass is 9.78. The minimum atomic E-state index is -1.97. The van der Waals surface area contributed by atoms with Gasteiger partial charge in [-0.3, -0.25) is 46.5 Å². The molecule has 7 N–H and O–H groups in total. The van der Waals surface area contributed by atoms with Crippen molar-refractivity contribution < 1.29 is 24.2 Å². The smallest absolute Gasteiger partial charge is 0.306 e. The average Bonchev–Trinajstić information content (AvgIpc) is 3.09. The van der Waals surface area contributed by atoms with E-state index in [1.54, 1.807) is 21.1 Å². The highest BCUT2D eigenvalue weighted by Crippen LogP contribution is 2.50. The molecule has 0 aromatic rings. The molecule has 0 rings (SSSR count). The van der Waals surface area contributed by atoms with Crippen LogP contribution in [0.25, 0.3) is 0 Å². The monoisotopic (exact) mass is 765 g/mol. The molecule has 0 radical (unpaired) electrons. The number of nitrogens with one attached hydrogen (secondary N) is 4. The van der Waals surface area contributed by atoms with Gasteiger partial charge in [-0.25, -0.2) is 0 Å². The molecule has 0 aliphatic heterocycles. The normalized spacial score (nSPS) is 19.3. The Morgan fingerprint density at radius 3 is 1.70 bits per heavy atom. The summed E-state index contributed by atoms with van der Waals surface area (Å²) in [6.45, 7) is 33.5. The molecule has 6 unspecified atom stereocenters. The lowest BCUT2D eigenvalue weighted by Gasteiger charge is -2.72. The highest BCUT2D eigenvalue weighted by Gasteiger charge is 2.76. The molecule has 0 fully saturated rings. The van der Waals surface area contributed by atoms with Crippen molar-refractivity contribution in [2.24, 2.45) is 5.73 Å². The van der Waals surface area contributed by atoms with E-state index in [0.29, 0.717) is 45.7 Å². The van der Waals surface area contributed by atoms with E-state index in [-0.39, 0.29) is 25.4 Å². The Balaban J connectivity index is 10.0. The predicted octanol–water partition coefficient (Wildman–Crippen LogP) is 3.48. The molecule has 0 saturated carbocycles. The first kappa shape index (κ1) is 52.4. The molecule has 0 aromatic carbocycles. The number of hydroxylamine groups is 1. The van der Waals surface area contributed by atoms with E-state index < -0.39 is 35.1 Å². The fourth-order valence-corrected chi connectivity index (χ4v) is 8.37. The number of ether oxygens (including phenoxy) is 3. The van der Waals surface area contributed by atoms with Gasteiger partial charge in [0.1, 0.15) is 11.9 Å². The van der Waals surface area contributed by atoms with Crippen LogP contribution in [0.3, 0.4) is 0 Å². The SMILES string of the molecule is CCCNC(NCC)(NC(C)C)C(N(C)C)(N(CC)CC)C(C)(N(CCC)CCC)N(N(OC)C(C)O)C(OCC)(OCCC)C(N)(NC)OC(C)C. The molecule has 0 spiro atoms. The number of likely N-dealkylation sites (N-methyl/N-ethyl adjacent to an activating group) is 4. The molecule has 6 atom stereocenters. The van der Waals surface area contributed by atoms with Crippen LogP contribution in [-0.4, -0.2) is 158 Å². The van der Waals surface area contributed by atoms with E-state index in [1.165, 1.54) is 5.17 Å². The Morgan fingerprint density at radius 1 is 0.792 bits per heavy atom. The van der Waals surface area contributed by atoms with Crippen LogP contribution < -0.4 is 27.0 Å². The summed E-state index contributed by atoms with van der Waals surface area (Å²) in [5.41, 5.74) is 5.16. The molecule has 0 aromatic heterocycles. The van der Waals surface area contributed by atoms with Gasteiger partial charge in [0.25, 0.3) is 0 Å². The van der Waals surface area contributed by atoms with Gasteiger partial charge in [0.15, 0.2) is 11.4 Å². The van der Waals surface area contributed by atoms with Gasteiger partial charge in [-0.05, 0) is 135 Å². The third kappa shape index (κ3) is 10.9. The molecule has 15 heteroatoms. The quantitative estimate of drug-likeness (QED) is 0.0439. The number of hydrogen-bond donors (Lipinski definition) is 6. The van der Waals surface area contributed by atoms with Gasteiger partial charge < -0.3 is 19.3 Å². The maximum atomic E-state index is 12.0. The fourth-order valence-electron chi connectivity index (χ4n) is 8.37. The molecule has 53 heavy (non-hydrogen) atoms. The third-order valence-electron chi connectivity index (χ3n) is 9.74. The lowest BCUT2D eigenvalue weighted by molar-refractivity contribution is -0.528. The zero-order valence-corrected chi connectivity index (χ0v) is 37.6. The highest BCUT2D eigenvalue weighted by atomic mass is 16.8. The van der Waals surface area contributed by atoms with Crippen molar-refractivity contribution in [2.45, 2.75) is 170 Å². The highest BCUT2D eigenvalue weighted by molar-refractivity contribution is 5.21. The average molecular weight is 765 g/mol. The predicted molar refractivity (Wildman–Crippen MR) is 218 cm³/mol. The number of nitrogens with zero attached hydrogens (tertiary/aromatic N) is 5. The summed E-state index contributed by atoms with van der Waals surface area (Å²) in [6.07, 6.45) is 1.64. The standard InChI is InChI=1S/C38H88N10O5/c1-19-27-42-37(41-23-5,43-31(9)10)35(44(16)17,45(24-6)25-7)34(14,46(28-20-2)29-21-3)48(47(50-18)33(13)49)38(51-26-8,52-30-22-4)36(39,40-15)53-32(11)12/h31-33,40-43,49H,19-30,39H2,1-18H3. The van der Waals surface area contributed by atoms with Gasteiger partial charge in [0.05, 0.1) is 19.8 Å². The number of aliphatic hydroxyl groups excluding tert-OH is 1. The van der Waals surface area contributed by atoms with E-state index in [2.05, 4.69) is 112 Å². The molecular weight excluding hydrogens is 676 g/mol. The minimum Gasteiger partial charge on any atom is -0.375 e. The van der Waals surface area contributed by atoms with Crippen molar-refractivity contribution in [3.05, 3.63) is 0 Å². The van der Waals surface area contributed by atoms with Crippen LogP contribution in [0.2, 0.25) is 0 Å². The molecule has 0 saturated heterocycles. The Hall–Kier alpha value is -0.600. The van der Waals surface area contributed by atoms with E-state index in [0.717, 1.165) is 19.3 Å². The van der Waals surface area contributed by atoms with Gasteiger partial charge in [-0.2, -0.15) is 0 Å². The number of nitrogens with two attached hydrogens (primary N) is 1. The maximum Gasteiger partial charge on any atom is 0.306 e. The van der Waals surface area contributed by atoms with Crippen molar-refractivity contribution in [1.29, 1.82) is 0 Å². The van der Waals surface area contributed by atoms with Gasteiger partial charge >= 0.3 is 5.91 Å². The first-order valence-corrected chi connectivity index (χ1v) is 20.6. The summed E-state index contributed by atoms with van der Waals surface area (Å²) in [5, 5.41) is 30.7. The second kappa shape index (κ2) is 24.2. The van der Waals surface area contributed by atoms with Crippen LogP contribution in [0.15, 0.2) is 0 Å². The van der Waals surface area contributed by atoms with E-state index in [4.69, 9.17) is 24.8 Å². The zero-order chi connectivity index (χ0) is 41.3. The summed E-state index contributed by atoms with van der Waals surface area (Å²) in [5.74, 6) is -4.83. The fraction of sp³-hybridized carbons (Fsp3) is 1.00. The van der Waals surface area contributed by atoms with Gasteiger partial charge in [-0.15, -0.1) is 5.01 Å². The van der Waals surface area contributed by atoms with Crippen LogP contribution in [0.1, 0.15) is 123 Å². The molecule has 0 heterocycles. The van der Waals surface area contributed by atoms with Crippen molar-refractivity contribution in [1.82, 2.24) is 46.1 Å². The Labute approximate surface area is 326 Å². The lowest BCUT2D eigenvalue weighted by Crippen LogP contribution is -2.98. The van der Waals surface area contributed by atoms with Gasteiger partial charge in [-0.1, -0.05) is 53.6 Å². The largest absolute Gasteiger partial charge is 0.375 e. The van der Waals surface area contributed by atoms with Gasteiger partial charge in [0.2, 0.25) is 5.85 Å². The third-order valence-corrected chi connectivity index (χ3v) is 9.74. The van der Waals surface area contributed by atoms with E-state index >= 15 is 0 Å².